The van der Waals surface area contributed by atoms with Gasteiger partial charge in [-0.05, 0) is 36.6 Å². The minimum Gasteiger partial charge on any atom is -0.515 e. The first kappa shape index (κ1) is 18.4. The van der Waals surface area contributed by atoms with Gasteiger partial charge in [0.2, 0.25) is 0 Å². The first-order valence-corrected chi connectivity index (χ1v) is 7.99. The van der Waals surface area contributed by atoms with E-state index in [9.17, 15) is 9.90 Å². The average molecular weight is 341 g/mol. The van der Waals surface area contributed by atoms with Crippen LogP contribution in [0.2, 0.25) is 0 Å². The molecule has 25 heavy (non-hydrogen) atoms. The first-order chi connectivity index (χ1) is 12.1. The van der Waals surface area contributed by atoms with Crippen molar-refractivity contribution >= 4 is 11.5 Å². The highest BCUT2D eigenvalue weighted by Gasteiger charge is 2.12. The van der Waals surface area contributed by atoms with Crippen molar-refractivity contribution in [2.75, 3.05) is 20.8 Å². The number of aryl methyl sites for hydroxylation is 1. The summed E-state index contributed by atoms with van der Waals surface area (Å²) in [5.74, 6) is 1.01. The van der Waals surface area contributed by atoms with Crippen LogP contribution >= 0.6 is 0 Å². The van der Waals surface area contributed by atoms with E-state index >= 15 is 0 Å². The Balaban J connectivity index is 1.96. The number of benzene rings is 2. The van der Waals surface area contributed by atoms with E-state index in [0.717, 1.165) is 17.4 Å². The molecule has 0 spiro atoms. The molecule has 132 valence electrons. The van der Waals surface area contributed by atoms with Gasteiger partial charge in [-0.2, -0.15) is 0 Å². The van der Waals surface area contributed by atoms with Crippen LogP contribution in [0, 0.1) is 6.92 Å². The van der Waals surface area contributed by atoms with Gasteiger partial charge in [0.25, 0.3) is 5.91 Å². The number of hydrogen-bond donors (Lipinski definition) is 2. The smallest absolute Gasteiger partial charge is 0.255 e. The molecule has 2 aromatic carbocycles. The van der Waals surface area contributed by atoms with Gasteiger partial charge in [0.05, 0.1) is 26.1 Å². The van der Waals surface area contributed by atoms with Gasteiger partial charge in [-0.3, -0.25) is 4.79 Å². The fourth-order valence-corrected chi connectivity index (χ4v) is 2.45. The molecule has 0 unspecified atom stereocenters. The molecule has 0 bridgehead atoms. The van der Waals surface area contributed by atoms with Gasteiger partial charge in [0.15, 0.2) is 11.5 Å². The molecule has 0 heterocycles. The Bertz CT molecular complexity index is 751. The third-order valence-electron chi connectivity index (χ3n) is 3.88. The topological polar surface area (TPSA) is 67.8 Å². The number of carbonyl (C=O) groups is 1. The lowest BCUT2D eigenvalue weighted by atomic mass is 10.0. The van der Waals surface area contributed by atoms with Gasteiger partial charge >= 0.3 is 0 Å². The molecule has 0 saturated carbocycles. The third-order valence-corrected chi connectivity index (χ3v) is 3.88. The largest absolute Gasteiger partial charge is 0.515 e. The lowest BCUT2D eigenvalue weighted by Gasteiger charge is -2.11. The highest BCUT2D eigenvalue weighted by molar-refractivity contribution is 6.19. The van der Waals surface area contributed by atoms with Crippen LogP contribution in [0.25, 0.3) is 5.57 Å². The average Bonchev–Trinajstić information content (AvgIpc) is 2.63. The molecular formula is C20H23NO4. The fraction of sp³-hybridized carbons (Fsp3) is 0.250. The monoisotopic (exact) mass is 341 g/mol. The van der Waals surface area contributed by atoms with E-state index in [1.807, 2.05) is 49.4 Å². The van der Waals surface area contributed by atoms with Crippen molar-refractivity contribution in [3.63, 3.8) is 0 Å². The Labute approximate surface area is 147 Å². The molecule has 5 nitrogen and oxygen atoms in total. The van der Waals surface area contributed by atoms with Crippen molar-refractivity contribution in [2.24, 2.45) is 0 Å². The van der Waals surface area contributed by atoms with Gasteiger partial charge in [-0.25, -0.2) is 0 Å². The summed E-state index contributed by atoms with van der Waals surface area (Å²) in [6.45, 7) is 2.41. The molecule has 1 amide bonds. The summed E-state index contributed by atoms with van der Waals surface area (Å²) >= 11 is 0. The van der Waals surface area contributed by atoms with Gasteiger partial charge < -0.3 is 19.9 Å². The van der Waals surface area contributed by atoms with Crippen LogP contribution in [0.1, 0.15) is 16.7 Å². The SMILES string of the molecule is COc1ccc(CCNC(=O)/C(=C/O)c2ccc(C)cc2)cc1OC. The number of amides is 1. The molecule has 2 rings (SSSR count). The maximum absolute atomic E-state index is 12.3. The molecule has 0 saturated heterocycles. The van der Waals surface area contributed by atoms with Gasteiger partial charge in [-0.15, -0.1) is 0 Å². The van der Waals surface area contributed by atoms with Crippen LogP contribution < -0.4 is 14.8 Å². The number of carbonyl (C=O) groups excluding carboxylic acids is 1. The molecular weight excluding hydrogens is 318 g/mol. The van der Waals surface area contributed by atoms with Crippen LogP contribution in [-0.4, -0.2) is 31.8 Å². The number of aliphatic hydroxyl groups is 1. The van der Waals surface area contributed by atoms with Gasteiger partial charge in [0.1, 0.15) is 0 Å². The van der Waals surface area contributed by atoms with Crippen LogP contribution in [-0.2, 0) is 11.2 Å². The Hall–Kier alpha value is -2.95. The van der Waals surface area contributed by atoms with E-state index in [2.05, 4.69) is 5.32 Å². The lowest BCUT2D eigenvalue weighted by Crippen LogP contribution is -2.26. The van der Waals surface area contributed by atoms with Crippen LogP contribution in [0.15, 0.2) is 48.7 Å². The van der Waals surface area contributed by atoms with Crippen molar-refractivity contribution in [3.05, 3.63) is 65.4 Å². The Morgan fingerprint density at radius 3 is 2.36 bits per heavy atom. The molecule has 0 fully saturated rings. The van der Waals surface area contributed by atoms with Crippen molar-refractivity contribution in [1.82, 2.24) is 5.32 Å². The van der Waals surface area contributed by atoms with Crippen LogP contribution in [0.3, 0.4) is 0 Å². The molecule has 0 aliphatic carbocycles. The second kappa shape index (κ2) is 8.78. The zero-order valence-electron chi connectivity index (χ0n) is 14.7. The molecule has 0 aromatic heterocycles. The maximum atomic E-state index is 12.3. The number of ether oxygens (including phenoxy) is 2. The number of hydrogen-bond acceptors (Lipinski definition) is 4. The highest BCUT2D eigenvalue weighted by atomic mass is 16.5. The number of aliphatic hydroxyl groups excluding tert-OH is 1. The molecule has 0 radical (unpaired) electrons. The predicted molar refractivity (Wildman–Crippen MR) is 98.0 cm³/mol. The van der Waals surface area contributed by atoms with Crippen molar-refractivity contribution in [3.8, 4) is 11.5 Å². The second-order valence-electron chi connectivity index (χ2n) is 5.60. The van der Waals surface area contributed by atoms with E-state index < -0.39 is 0 Å². The summed E-state index contributed by atoms with van der Waals surface area (Å²) in [4.78, 5) is 12.3. The fourth-order valence-electron chi connectivity index (χ4n) is 2.45. The maximum Gasteiger partial charge on any atom is 0.255 e. The quantitative estimate of drug-likeness (QED) is 0.599. The summed E-state index contributed by atoms with van der Waals surface area (Å²) in [6, 6.07) is 13.1. The zero-order chi connectivity index (χ0) is 18.2. The standard InChI is InChI=1S/C20H23NO4/c1-14-4-7-16(8-5-14)17(13-22)20(23)21-11-10-15-6-9-18(24-2)19(12-15)25-3/h4-9,12-13,22H,10-11H2,1-3H3,(H,21,23)/b17-13+. The van der Waals surface area contributed by atoms with E-state index in [1.165, 1.54) is 0 Å². The number of nitrogens with one attached hydrogen (secondary N) is 1. The zero-order valence-corrected chi connectivity index (χ0v) is 14.7. The molecule has 0 atom stereocenters. The molecule has 2 N–H and O–H groups in total. The third kappa shape index (κ3) is 4.76. The van der Waals surface area contributed by atoms with E-state index in [4.69, 9.17) is 9.47 Å². The van der Waals surface area contributed by atoms with Crippen molar-refractivity contribution < 1.29 is 19.4 Å². The predicted octanol–water partition coefficient (Wildman–Crippen LogP) is 3.27. The number of methoxy groups -OCH3 is 2. The molecule has 5 heteroatoms. The molecule has 2 aromatic rings. The summed E-state index contributed by atoms with van der Waals surface area (Å²) in [5.41, 5.74) is 3.03. The van der Waals surface area contributed by atoms with E-state index in [0.29, 0.717) is 30.0 Å². The van der Waals surface area contributed by atoms with Crippen molar-refractivity contribution in [2.45, 2.75) is 13.3 Å². The molecule has 0 aliphatic rings. The summed E-state index contributed by atoms with van der Waals surface area (Å²) in [7, 11) is 3.18. The Morgan fingerprint density at radius 2 is 1.76 bits per heavy atom. The first-order valence-electron chi connectivity index (χ1n) is 7.99. The molecule has 0 aliphatic heterocycles. The normalized spacial score (nSPS) is 11.1. The minimum absolute atomic E-state index is 0.243. The van der Waals surface area contributed by atoms with Gasteiger partial charge in [0, 0.05) is 6.54 Å². The summed E-state index contributed by atoms with van der Waals surface area (Å²) in [5, 5.41) is 12.2. The van der Waals surface area contributed by atoms with Gasteiger partial charge in [-0.1, -0.05) is 35.9 Å². The summed E-state index contributed by atoms with van der Waals surface area (Å²) in [6.07, 6.45) is 1.48. The van der Waals surface area contributed by atoms with E-state index in [1.54, 1.807) is 14.2 Å². The number of rotatable bonds is 7. The van der Waals surface area contributed by atoms with E-state index in [-0.39, 0.29) is 11.5 Å². The lowest BCUT2D eigenvalue weighted by molar-refractivity contribution is -0.115. The highest BCUT2D eigenvalue weighted by Crippen LogP contribution is 2.27. The Morgan fingerprint density at radius 1 is 1.08 bits per heavy atom. The summed E-state index contributed by atoms with van der Waals surface area (Å²) < 4.78 is 10.5. The van der Waals surface area contributed by atoms with Crippen LogP contribution in [0.5, 0.6) is 11.5 Å². The minimum atomic E-state index is -0.313. The Kier molecular flexibility index (Phi) is 6.46. The van der Waals surface area contributed by atoms with Crippen LogP contribution in [0.4, 0.5) is 0 Å². The van der Waals surface area contributed by atoms with Crippen molar-refractivity contribution in [1.29, 1.82) is 0 Å². The second-order valence-corrected chi connectivity index (χ2v) is 5.60.